The summed E-state index contributed by atoms with van der Waals surface area (Å²) in [6, 6.07) is 5.69. The molecule has 1 aliphatic rings. The van der Waals surface area contributed by atoms with Gasteiger partial charge in [-0.25, -0.2) is 0 Å². The molecule has 118 valence electrons. The van der Waals surface area contributed by atoms with Gasteiger partial charge in [0.2, 0.25) is 0 Å². The molecule has 0 aliphatic carbocycles. The average Bonchev–Trinajstić information content (AvgIpc) is 2.74. The van der Waals surface area contributed by atoms with Gasteiger partial charge in [0.05, 0.1) is 12.2 Å². The van der Waals surface area contributed by atoms with Gasteiger partial charge in [0.25, 0.3) is 10.2 Å². The molecule has 1 fully saturated rings. The van der Waals surface area contributed by atoms with E-state index in [-0.39, 0.29) is 0 Å². The topological polar surface area (TPSA) is 65.5 Å². The summed E-state index contributed by atoms with van der Waals surface area (Å²) in [7, 11) is -3.42. The second kappa shape index (κ2) is 7.31. The molecule has 2 rings (SSSR count). The summed E-state index contributed by atoms with van der Waals surface area (Å²) in [6.07, 6.45) is 0.847. The highest BCUT2D eigenvalue weighted by molar-refractivity contribution is 7.86. The van der Waals surface area contributed by atoms with Crippen LogP contribution in [-0.2, 0) is 16.8 Å². The molecule has 0 unspecified atom stereocenters. The number of hydrogen-bond acceptors (Lipinski definition) is 4. The first kappa shape index (κ1) is 16.4. The zero-order chi connectivity index (χ0) is 15.3. The Balaban J connectivity index is 2.14. The average molecular weight is 312 g/mol. The minimum Gasteiger partial charge on any atom is -0.315 e. The minimum absolute atomic E-state index is 0.324. The predicted molar refractivity (Wildman–Crippen MR) is 83.0 cm³/mol. The van der Waals surface area contributed by atoms with Crippen LogP contribution in [0.1, 0.15) is 24.7 Å². The van der Waals surface area contributed by atoms with Crippen LogP contribution in [0, 0.1) is 6.92 Å². The van der Waals surface area contributed by atoms with Crippen molar-refractivity contribution >= 4 is 10.2 Å². The van der Waals surface area contributed by atoms with Gasteiger partial charge in [-0.3, -0.25) is 4.98 Å². The van der Waals surface area contributed by atoms with E-state index >= 15 is 0 Å². The van der Waals surface area contributed by atoms with E-state index < -0.39 is 10.2 Å². The number of pyridine rings is 1. The lowest BCUT2D eigenvalue weighted by Crippen LogP contribution is -2.44. The normalized spacial score (nSPS) is 17.9. The number of nitrogens with one attached hydrogen (secondary N) is 1. The maximum atomic E-state index is 12.8. The lowest BCUT2D eigenvalue weighted by molar-refractivity contribution is 0.345. The maximum Gasteiger partial charge on any atom is 0.282 e. The monoisotopic (exact) mass is 312 g/mol. The van der Waals surface area contributed by atoms with E-state index in [1.807, 2.05) is 32.0 Å². The first-order valence-corrected chi connectivity index (χ1v) is 8.82. The molecule has 0 bridgehead atoms. The number of hydrogen-bond donors (Lipinski definition) is 1. The molecule has 21 heavy (non-hydrogen) atoms. The van der Waals surface area contributed by atoms with Crippen LogP contribution in [0.5, 0.6) is 0 Å². The molecular formula is C14H24N4O2S. The fourth-order valence-corrected chi connectivity index (χ4v) is 4.07. The number of aromatic nitrogens is 1. The smallest absolute Gasteiger partial charge is 0.282 e. The highest BCUT2D eigenvalue weighted by Gasteiger charge is 2.29. The van der Waals surface area contributed by atoms with E-state index in [9.17, 15) is 8.42 Å². The van der Waals surface area contributed by atoms with Gasteiger partial charge in [-0.2, -0.15) is 17.0 Å². The molecule has 0 spiro atoms. The first-order chi connectivity index (χ1) is 10.0. The van der Waals surface area contributed by atoms with Crippen LogP contribution in [0.2, 0.25) is 0 Å². The summed E-state index contributed by atoms with van der Waals surface area (Å²) in [6.45, 7) is 7.23. The number of aryl methyl sites for hydroxylation is 1. The summed E-state index contributed by atoms with van der Waals surface area (Å²) < 4.78 is 28.6. The van der Waals surface area contributed by atoms with Crippen molar-refractivity contribution in [2.24, 2.45) is 0 Å². The maximum absolute atomic E-state index is 12.8. The molecule has 0 atom stereocenters. The Kier molecular flexibility index (Phi) is 5.69. The third-order valence-corrected chi connectivity index (χ3v) is 5.65. The summed E-state index contributed by atoms with van der Waals surface area (Å²) in [5, 5.41) is 3.23. The van der Waals surface area contributed by atoms with Gasteiger partial charge in [0.15, 0.2) is 0 Å². The lowest BCUT2D eigenvalue weighted by Gasteiger charge is -2.28. The van der Waals surface area contributed by atoms with Crippen molar-refractivity contribution in [2.45, 2.75) is 26.8 Å². The summed E-state index contributed by atoms with van der Waals surface area (Å²) in [4.78, 5) is 4.40. The van der Waals surface area contributed by atoms with E-state index in [0.29, 0.717) is 32.7 Å². The van der Waals surface area contributed by atoms with Gasteiger partial charge >= 0.3 is 0 Å². The third kappa shape index (κ3) is 4.23. The molecule has 0 aromatic carbocycles. The van der Waals surface area contributed by atoms with Crippen molar-refractivity contribution in [2.75, 3.05) is 32.7 Å². The lowest BCUT2D eigenvalue weighted by atomic mass is 10.3. The van der Waals surface area contributed by atoms with Gasteiger partial charge < -0.3 is 5.32 Å². The molecule has 0 amide bonds. The largest absolute Gasteiger partial charge is 0.315 e. The van der Waals surface area contributed by atoms with E-state index in [1.165, 1.54) is 4.31 Å². The molecule has 1 aromatic rings. The zero-order valence-electron chi connectivity index (χ0n) is 12.7. The molecular weight excluding hydrogens is 288 g/mol. The van der Waals surface area contributed by atoms with Crippen LogP contribution < -0.4 is 5.32 Å². The second-order valence-electron chi connectivity index (χ2n) is 5.21. The van der Waals surface area contributed by atoms with E-state index in [0.717, 1.165) is 24.4 Å². The van der Waals surface area contributed by atoms with Gasteiger partial charge in [-0.05, 0) is 32.0 Å². The quantitative estimate of drug-likeness (QED) is 0.871. The van der Waals surface area contributed by atoms with Crippen molar-refractivity contribution in [1.82, 2.24) is 18.9 Å². The fourth-order valence-electron chi connectivity index (χ4n) is 2.44. The van der Waals surface area contributed by atoms with Crippen LogP contribution in [0.25, 0.3) is 0 Å². The number of rotatable bonds is 5. The van der Waals surface area contributed by atoms with Crippen LogP contribution in [0.4, 0.5) is 0 Å². The van der Waals surface area contributed by atoms with E-state index in [4.69, 9.17) is 0 Å². The van der Waals surface area contributed by atoms with E-state index in [2.05, 4.69) is 10.3 Å². The molecule has 1 aliphatic heterocycles. The SMILES string of the molecule is CCN(Cc1cccc(C)n1)S(=O)(=O)N1CCCNCC1. The molecule has 6 nitrogen and oxygen atoms in total. The predicted octanol–water partition coefficient (Wildman–Crippen LogP) is 0.752. The van der Waals surface area contributed by atoms with Crippen LogP contribution in [-0.4, -0.2) is 54.7 Å². The molecule has 0 radical (unpaired) electrons. The van der Waals surface area contributed by atoms with Crippen molar-refractivity contribution in [3.63, 3.8) is 0 Å². The zero-order valence-corrected chi connectivity index (χ0v) is 13.6. The van der Waals surface area contributed by atoms with E-state index in [1.54, 1.807) is 4.31 Å². The Morgan fingerprint density at radius 1 is 1.33 bits per heavy atom. The summed E-state index contributed by atoms with van der Waals surface area (Å²) >= 11 is 0. The Morgan fingerprint density at radius 2 is 2.14 bits per heavy atom. The van der Waals surface area contributed by atoms with Gasteiger partial charge in [-0.15, -0.1) is 0 Å². The summed E-state index contributed by atoms with van der Waals surface area (Å²) in [5.74, 6) is 0. The van der Waals surface area contributed by atoms with Crippen LogP contribution in [0.15, 0.2) is 18.2 Å². The molecule has 1 saturated heterocycles. The molecule has 7 heteroatoms. The Bertz CT molecular complexity index is 554. The van der Waals surface area contributed by atoms with Gasteiger partial charge in [-0.1, -0.05) is 13.0 Å². The fraction of sp³-hybridized carbons (Fsp3) is 0.643. The first-order valence-electron chi connectivity index (χ1n) is 7.42. The Labute approximate surface area is 127 Å². The molecule has 1 N–H and O–H groups in total. The van der Waals surface area contributed by atoms with Crippen LogP contribution >= 0.6 is 0 Å². The summed E-state index contributed by atoms with van der Waals surface area (Å²) in [5.41, 5.74) is 1.69. The highest BCUT2D eigenvalue weighted by atomic mass is 32.2. The highest BCUT2D eigenvalue weighted by Crippen LogP contribution is 2.13. The molecule has 0 saturated carbocycles. The molecule has 2 heterocycles. The standard InChI is InChI=1S/C14H24N4O2S/c1-3-17(12-14-7-4-6-13(2)16-14)21(19,20)18-10-5-8-15-9-11-18/h4,6-7,15H,3,5,8-12H2,1-2H3. The van der Waals surface area contributed by atoms with Crippen molar-refractivity contribution in [3.8, 4) is 0 Å². The van der Waals surface area contributed by atoms with Crippen molar-refractivity contribution in [1.29, 1.82) is 0 Å². The third-order valence-electron chi connectivity index (χ3n) is 3.59. The number of nitrogens with zero attached hydrogens (tertiary/aromatic N) is 3. The van der Waals surface area contributed by atoms with Gasteiger partial charge in [0.1, 0.15) is 0 Å². The van der Waals surface area contributed by atoms with Crippen LogP contribution in [0.3, 0.4) is 0 Å². The minimum atomic E-state index is -3.42. The van der Waals surface area contributed by atoms with Gasteiger partial charge in [0, 0.05) is 31.9 Å². The molecule has 1 aromatic heterocycles. The Morgan fingerprint density at radius 3 is 2.86 bits per heavy atom. The van der Waals surface area contributed by atoms with Crippen molar-refractivity contribution < 1.29 is 8.42 Å². The van der Waals surface area contributed by atoms with Crippen molar-refractivity contribution in [3.05, 3.63) is 29.6 Å². The second-order valence-corrected chi connectivity index (χ2v) is 7.14. The Hall–Kier alpha value is -1.02.